The van der Waals surface area contributed by atoms with Gasteiger partial charge in [-0.25, -0.2) is 13.6 Å². The molecule has 2 N–H and O–H groups in total. The van der Waals surface area contributed by atoms with E-state index in [0.29, 0.717) is 0 Å². The van der Waals surface area contributed by atoms with Crippen molar-refractivity contribution in [2.45, 2.75) is 0 Å². The van der Waals surface area contributed by atoms with Crippen molar-refractivity contribution in [1.29, 1.82) is 0 Å². The van der Waals surface area contributed by atoms with E-state index in [2.05, 4.69) is 18.3 Å². The number of primary sulfonamides is 1. The van der Waals surface area contributed by atoms with Crippen molar-refractivity contribution in [3.63, 3.8) is 0 Å². The molecular weight excluding hydrogens is 126 g/mol. The molecule has 0 bridgehead atoms. The molecular formula is C4H7NO2S. The van der Waals surface area contributed by atoms with Gasteiger partial charge in [0.1, 0.15) is 0 Å². The summed E-state index contributed by atoms with van der Waals surface area (Å²) in [6, 6.07) is 0. The number of allylic oxidation sites excluding steroid dienone is 1. The van der Waals surface area contributed by atoms with Crippen molar-refractivity contribution in [1.82, 2.24) is 0 Å². The van der Waals surface area contributed by atoms with Crippen molar-refractivity contribution >= 4 is 10.0 Å². The summed E-state index contributed by atoms with van der Waals surface area (Å²) in [5.74, 6) is 0. The first-order valence-electron chi connectivity index (χ1n) is 1.82. The zero-order valence-electron chi connectivity index (χ0n) is 4.29. The van der Waals surface area contributed by atoms with Crippen LogP contribution in [0.15, 0.2) is 24.1 Å². The first-order chi connectivity index (χ1) is 3.48. The lowest BCUT2D eigenvalue weighted by Gasteiger charge is -1.90. The maximum absolute atomic E-state index is 10.2. The van der Waals surface area contributed by atoms with Crippen LogP contribution in [-0.4, -0.2) is 8.42 Å². The average molecular weight is 133 g/mol. The molecule has 0 rings (SSSR count). The molecule has 46 valence electrons. The summed E-state index contributed by atoms with van der Waals surface area (Å²) in [6.45, 7) is 6.28. The van der Waals surface area contributed by atoms with Crippen molar-refractivity contribution in [3.05, 3.63) is 24.1 Å². The van der Waals surface area contributed by atoms with Gasteiger partial charge >= 0.3 is 0 Å². The van der Waals surface area contributed by atoms with Gasteiger partial charge in [-0.3, -0.25) is 0 Å². The maximum Gasteiger partial charge on any atom is 0.237 e. The molecule has 0 radical (unpaired) electrons. The van der Waals surface area contributed by atoms with Crippen molar-refractivity contribution < 1.29 is 8.42 Å². The molecule has 0 atom stereocenters. The lowest BCUT2D eigenvalue weighted by Crippen LogP contribution is -2.11. The van der Waals surface area contributed by atoms with E-state index in [-0.39, 0.29) is 4.91 Å². The normalized spacial score (nSPS) is 10.6. The van der Waals surface area contributed by atoms with E-state index in [9.17, 15) is 8.42 Å². The highest BCUT2D eigenvalue weighted by molar-refractivity contribution is 7.93. The van der Waals surface area contributed by atoms with Crippen LogP contribution in [0.1, 0.15) is 0 Å². The SMILES string of the molecule is C=CC(=C)S(N)(=O)=O. The second kappa shape index (κ2) is 2.11. The van der Waals surface area contributed by atoms with E-state index in [1.807, 2.05) is 0 Å². The van der Waals surface area contributed by atoms with Crippen LogP contribution in [0.25, 0.3) is 0 Å². The van der Waals surface area contributed by atoms with Gasteiger partial charge in [0, 0.05) is 0 Å². The molecule has 0 aliphatic heterocycles. The molecule has 0 aromatic heterocycles. The van der Waals surface area contributed by atoms with Gasteiger partial charge in [-0.05, 0) is 6.08 Å². The summed E-state index contributed by atoms with van der Waals surface area (Å²) in [5, 5.41) is 4.59. The molecule has 0 saturated heterocycles. The monoisotopic (exact) mass is 133 g/mol. The van der Waals surface area contributed by atoms with Crippen LogP contribution < -0.4 is 5.14 Å². The second-order valence-electron chi connectivity index (χ2n) is 1.22. The summed E-state index contributed by atoms with van der Waals surface area (Å²) >= 11 is 0. The fourth-order valence-corrected chi connectivity index (χ4v) is 0.348. The Morgan fingerprint density at radius 3 is 2.00 bits per heavy atom. The first-order valence-corrected chi connectivity index (χ1v) is 3.37. The second-order valence-corrected chi connectivity index (χ2v) is 2.83. The third-order valence-corrected chi connectivity index (χ3v) is 1.49. The molecule has 0 unspecified atom stereocenters. The molecule has 0 heterocycles. The number of rotatable bonds is 2. The first kappa shape index (κ1) is 7.39. The molecule has 3 nitrogen and oxygen atoms in total. The lowest BCUT2D eigenvalue weighted by molar-refractivity contribution is 0.604. The summed E-state index contributed by atoms with van der Waals surface area (Å²) in [5.41, 5.74) is 0. The molecule has 0 aromatic rings. The van der Waals surface area contributed by atoms with Crippen LogP contribution in [-0.2, 0) is 10.0 Å². The Bertz CT molecular complexity index is 202. The van der Waals surface area contributed by atoms with Gasteiger partial charge in [-0.15, -0.1) is 0 Å². The standard InChI is InChI=1S/C4H7NO2S/c1-3-4(2)8(5,6)7/h3H,1-2H2,(H2,5,6,7). The molecule has 0 aliphatic carbocycles. The minimum atomic E-state index is -3.57. The number of hydrogen-bond donors (Lipinski definition) is 1. The van der Waals surface area contributed by atoms with E-state index >= 15 is 0 Å². The smallest absolute Gasteiger partial charge is 0.225 e. The highest BCUT2D eigenvalue weighted by Crippen LogP contribution is 1.95. The van der Waals surface area contributed by atoms with Gasteiger partial charge in [-0.1, -0.05) is 13.2 Å². The van der Waals surface area contributed by atoms with Crippen LogP contribution in [0.2, 0.25) is 0 Å². The summed E-state index contributed by atoms with van der Waals surface area (Å²) < 4.78 is 20.3. The molecule has 8 heavy (non-hydrogen) atoms. The third-order valence-electron chi connectivity index (χ3n) is 0.593. The molecule has 0 spiro atoms. The number of nitrogens with two attached hydrogens (primary N) is 1. The highest BCUT2D eigenvalue weighted by atomic mass is 32.2. The quantitative estimate of drug-likeness (QED) is 0.538. The van der Waals surface area contributed by atoms with Crippen LogP contribution >= 0.6 is 0 Å². The van der Waals surface area contributed by atoms with E-state index in [4.69, 9.17) is 0 Å². The van der Waals surface area contributed by atoms with Crippen LogP contribution in [0.5, 0.6) is 0 Å². The summed E-state index contributed by atoms with van der Waals surface area (Å²) in [6.07, 6.45) is 1.09. The fourth-order valence-electron chi connectivity index (χ4n) is 0.116. The predicted octanol–water partition coefficient (Wildman–Crippen LogP) is -0.0254. The zero-order chi connectivity index (χ0) is 6.78. The van der Waals surface area contributed by atoms with E-state index in [0.717, 1.165) is 6.08 Å². The van der Waals surface area contributed by atoms with Gasteiger partial charge in [0.05, 0.1) is 4.91 Å². The highest BCUT2D eigenvalue weighted by Gasteiger charge is 2.01. The van der Waals surface area contributed by atoms with Gasteiger partial charge < -0.3 is 0 Å². The number of hydrogen-bond acceptors (Lipinski definition) is 2. The Hall–Kier alpha value is -0.610. The Kier molecular flexibility index (Phi) is 1.94. The topological polar surface area (TPSA) is 60.2 Å². The predicted molar refractivity (Wildman–Crippen MR) is 32.4 cm³/mol. The Morgan fingerprint density at radius 2 is 2.00 bits per heavy atom. The molecule has 0 amide bonds. The van der Waals surface area contributed by atoms with Gasteiger partial charge in [0.25, 0.3) is 0 Å². The van der Waals surface area contributed by atoms with E-state index in [1.165, 1.54) is 0 Å². The van der Waals surface area contributed by atoms with Gasteiger partial charge in [0.15, 0.2) is 0 Å². The average Bonchev–Trinajstić information content (AvgIpc) is 1.62. The number of sulfonamides is 1. The van der Waals surface area contributed by atoms with Crippen molar-refractivity contribution in [2.75, 3.05) is 0 Å². The molecule has 4 heteroatoms. The minimum absolute atomic E-state index is 0.155. The third kappa shape index (κ3) is 1.90. The Morgan fingerprint density at radius 1 is 1.62 bits per heavy atom. The Labute approximate surface area is 48.6 Å². The van der Waals surface area contributed by atoms with E-state index < -0.39 is 10.0 Å². The van der Waals surface area contributed by atoms with Crippen molar-refractivity contribution in [3.8, 4) is 0 Å². The van der Waals surface area contributed by atoms with Crippen LogP contribution in [0.4, 0.5) is 0 Å². The van der Waals surface area contributed by atoms with Crippen molar-refractivity contribution in [2.24, 2.45) is 5.14 Å². The summed E-state index contributed by atoms with van der Waals surface area (Å²) in [4.78, 5) is -0.155. The lowest BCUT2D eigenvalue weighted by atomic mass is 10.6. The maximum atomic E-state index is 10.2. The fraction of sp³-hybridized carbons (Fsp3) is 0. The minimum Gasteiger partial charge on any atom is -0.225 e. The van der Waals surface area contributed by atoms with E-state index in [1.54, 1.807) is 0 Å². The summed E-state index contributed by atoms with van der Waals surface area (Å²) in [7, 11) is -3.57. The molecule has 0 aliphatic rings. The molecule has 0 aromatic carbocycles. The van der Waals surface area contributed by atoms with Crippen LogP contribution in [0, 0.1) is 0 Å². The van der Waals surface area contributed by atoms with Crippen LogP contribution in [0.3, 0.4) is 0 Å². The Balaban J connectivity index is 4.53. The molecule has 0 fully saturated rings. The largest absolute Gasteiger partial charge is 0.237 e. The molecule has 0 saturated carbocycles. The van der Waals surface area contributed by atoms with Gasteiger partial charge in [0.2, 0.25) is 10.0 Å². The van der Waals surface area contributed by atoms with Gasteiger partial charge in [-0.2, -0.15) is 0 Å². The zero-order valence-corrected chi connectivity index (χ0v) is 5.11.